The summed E-state index contributed by atoms with van der Waals surface area (Å²) >= 11 is 0. The monoisotopic (exact) mass is 465 g/mol. The van der Waals surface area contributed by atoms with Crippen LogP contribution in [0.4, 0.5) is 11.6 Å². The summed E-state index contributed by atoms with van der Waals surface area (Å²) in [7, 11) is 3.64. The van der Waals surface area contributed by atoms with Crippen LogP contribution in [0.3, 0.4) is 0 Å². The van der Waals surface area contributed by atoms with Gasteiger partial charge in [-0.05, 0) is 61.7 Å². The zero-order valence-electron chi connectivity index (χ0n) is 20.1. The van der Waals surface area contributed by atoms with E-state index in [1.165, 1.54) is 12.8 Å². The first-order valence-electron chi connectivity index (χ1n) is 11.9. The Morgan fingerprint density at radius 1 is 0.943 bits per heavy atom. The van der Waals surface area contributed by atoms with Gasteiger partial charge in [-0.3, -0.25) is 14.1 Å². The number of aromatic nitrogens is 5. The molecule has 0 atom stereocenters. The van der Waals surface area contributed by atoms with E-state index in [1.807, 2.05) is 56.6 Å². The second kappa shape index (κ2) is 8.23. The molecule has 0 saturated carbocycles. The van der Waals surface area contributed by atoms with E-state index < -0.39 is 0 Å². The van der Waals surface area contributed by atoms with Gasteiger partial charge in [-0.1, -0.05) is 6.07 Å². The van der Waals surface area contributed by atoms with Gasteiger partial charge < -0.3 is 10.2 Å². The average Bonchev–Trinajstić information content (AvgIpc) is 3.52. The molecule has 5 aromatic rings. The van der Waals surface area contributed by atoms with Crippen LogP contribution in [0.25, 0.3) is 38.8 Å². The molecule has 6 rings (SSSR count). The highest BCUT2D eigenvalue weighted by atomic mass is 16.1. The number of rotatable bonds is 4. The second-order valence-electron chi connectivity index (χ2n) is 9.05. The predicted octanol–water partition coefficient (Wildman–Crippen LogP) is 4.28. The lowest BCUT2D eigenvalue weighted by atomic mass is 10.0. The van der Waals surface area contributed by atoms with E-state index in [0.29, 0.717) is 0 Å². The van der Waals surface area contributed by atoms with Crippen LogP contribution < -0.4 is 15.9 Å². The number of nitrogens with one attached hydrogen (secondary N) is 1. The molecule has 35 heavy (non-hydrogen) atoms. The van der Waals surface area contributed by atoms with Gasteiger partial charge >= 0.3 is 5.69 Å². The molecule has 0 unspecified atom stereocenters. The highest BCUT2D eigenvalue weighted by Crippen LogP contribution is 2.31. The van der Waals surface area contributed by atoms with Crippen LogP contribution in [0.2, 0.25) is 0 Å². The Labute approximate surface area is 202 Å². The van der Waals surface area contributed by atoms with Crippen molar-refractivity contribution in [2.45, 2.75) is 19.8 Å². The van der Waals surface area contributed by atoms with Crippen molar-refractivity contribution in [3.63, 3.8) is 0 Å². The molecule has 5 heterocycles. The van der Waals surface area contributed by atoms with Gasteiger partial charge in [0.15, 0.2) is 0 Å². The Balaban J connectivity index is 1.57. The highest BCUT2D eigenvalue weighted by Gasteiger charge is 2.20. The third-order valence-electron chi connectivity index (χ3n) is 6.95. The summed E-state index contributed by atoms with van der Waals surface area (Å²) in [6.45, 7) is 4.04. The second-order valence-corrected chi connectivity index (χ2v) is 9.05. The maximum atomic E-state index is 13.5. The summed E-state index contributed by atoms with van der Waals surface area (Å²) < 4.78 is 3.44. The molecule has 0 radical (unpaired) electrons. The van der Waals surface area contributed by atoms with Gasteiger partial charge in [0, 0.05) is 44.3 Å². The number of hydrogen-bond acceptors (Lipinski definition) is 6. The molecule has 0 spiro atoms. The predicted molar refractivity (Wildman–Crippen MR) is 141 cm³/mol. The Kier molecular flexibility index (Phi) is 5.02. The van der Waals surface area contributed by atoms with Gasteiger partial charge in [-0.15, -0.1) is 0 Å². The maximum absolute atomic E-state index is 13.5. The Hall–Kier alpha value is -4.20. The molecule has 0 bridgehead atoms. The zero-order chi connectivity index (χ0) is 24.1. The molecule has 1 aliphatic heterocycles. The van der Waals surface area contributed by atoms with E-state index in [1.54, 1.807) is 22.4 Å². The zero-order valence-corrected chi connectivity index (χ0v) is 20.1. The number of benzene rings is 1. The number of pyridine rings is 3. The lowest BCUT2D eigenvalue weighted by Crippen LogP contribution is -2.23. The fourth-order valence-corrected chi connectivity index (χ4v) is 5.01. The van der Waals surface area contributed by atoms with Gasteiger partial charge in [0.05, 0.1) is 34.1 Å². The molecule has 1 N–H and O–H groups in total. The third-order valence-corrected chi connectivity index (χ3v) is 6.95. The van der Waals surface area contributed by atoms with Gasteiger partial charge in [0.1, 0.15) is 11.6 Å². The smallest absolute Gasteiger partial charge is 0.333 e. The molecule has 176 valence electrons. The van der Waals surface area contributed by atoms with Crippen molar-refractivity contribution in [2.75, 3.05) is 30.4 Å². The Bertz CT molecular complexity index is 1630. The third kappa shape index (κ3) is 3.44. The molecule has 0 amide bonds. The summed E-state index contributed by atoms with van der Waals surface area (Å²) in [4.78, 5) is 29.8. The largest absolute Gasteiger partial charge is 0.373 e. The van der Waals surface area contributed by atoms with Crippen LogP contribution in [-0.2, 0) is 7.05 Å². The quantitative estimate of drug-likeness (QED) is 0.427. The van der Waals surface area contributed by atoms with Crippen molar-refractivity contribution in [1.82, 2.24) is 24.1 Å². The first kappa shape index (κ1) is 21.3. The Morgan fingerprint density at radius 2 is 1.74 bits per heavy atom. The first-order valence-corrected chi connectivity index (χ1v) is 11.9. The van der Waals surface area contributed by atoms with Gasteiger partial charge in [0.2, 0.25) is 0 Å². The van der Waals surface area contributed by atoms with E-state index in [2.05, 4.69) is 26.3 Å². The van der Waals surface area contributed by atoms with Crippen molar-refractivity contribution in [3.8, 4) is 16.8 Å². The van der Waals surface area contributed by atoms with Crippen molar-refractivity contribution >= 4 is 33.6 Å². The average molecular weight is 466 g/mol. The first-order chi connectivity index (χ1) is 17.0. The van der Waals surface area contributed by atoms with E-state index in [-0.39, 0.29) is 5.69 Å². The van der Waals surface area contributed by atoms with Crippen molar-refractivity contribution in [2.24, 2.45) is 7.05 Å². The van der Waals surface area contributed by atoms with Crippen molar-refractivity contribution < 1.29 is 0 Å². The molecule has 0 aliphatic carbocycles. The number of anilines is 2. The number of fused-ring (bicyclic) bond motifs is 3. The summed E-state index contributed by atoms with van der Waals surface area (Å²) in [5.41, 5.74) is 5.98. The minimum absolute atomic E-state index is 0.112. The molecule has 1 saturated heterocycles. The molecular weight excluding hydrogens is 438 g/mol. The fraction of sp³-hybridized carbons (Fsp3) is 0.259. The molecule has 8 nitrogen and oxygen atoms in total. The van der Waals surface area contributed by atoms with Crippen molar-refractivity contribution in [3.05, 3.63) is 71.0 Å². The number of nitrogens with zero attached hydrogens (tertiary/aromatic N) is 6. The molecular formula is C27H27N7O. The fourth-order valence-electron chi connectivity index (χ4n) is 5.01. The van der Waals surface area contributed by atoms with Crippen LogP contribution in [0.5, 0.6) is 0 Å². The van der Waals surface area contributed by atoms with Gasteiger partial charge in [-0.2, -0.15) is 0 Å². The van der Waals surface area contributed by atoms with Crippen LogP contribution in [0.1, 0.15) is 18.5 Å². The van der Waals surface area contributed by atoms with Crippen LogP contribution in [0, 0.1) is 6.92 Å². The normalized spacial score (nSPS) is 13.7. The minimum atomic E-state index is -0.112. The SMILES string of the molecule is CNc1ccc(-c2ccc3ncc4c(c3c2)n(-c2ccc(N3CCCC3)nc2C)c(=O)n4C)cn1. The molecule has 1 aliphatic rings. The number of aryl methyl sites for hydroxylation is 2. The number of imidazole rings is 1. The lowest BCUT2D eigenvalue weighted by molar-refractivity contribution is 0.837. The topological polar surface area (TPSA) is 80.9 Å². The van der Waals surface area contributed by atoms with Crippen LogP contribution in [-0.4, -0.2) is 44.2 Å². The lowest BCUT2D eigenvalue weighted by Gasteiger charge is -2.18. The summed E-state index contributed by atoms with van der Waals surface area (Å²) in [6, 6.07) is 14.2. The van der Waals surface area contributed by atoms with E-state index in [9.17, 15) is 4.79 Å². The molecule has 1 aromatic carbocycles. The highest BCUT2D eigenvalue weighted by molar-refractivity contribution is 6.04. The maximum Gasteiger partial charge on any atom is 0.333 e. The summed E-state index contributed by atoms with van der Waals surface area (Å²) in [6.07, 6.45) is 6.02. The van der Waals surface area contributed by atoms with Gasteiger partial charge in [0.25, 0.3) is 0 Å². The molecule has 1 fully saturated rings. The van der Waals surface area contributed by atoms with Crippen LogP contribution in [0.15, 0.2) is 59.7 Å². The summed E-state index contributed by atoms with van der Waals surface area (Å²) in [5.74, 6) is 1.79. The van der Waals surface area contributed by atoms with E-state index in [4.69, 9.17) is 4.98 Å². The van der Waals surface area contributed by atoms with Crippen molar-refractivity contribution in [1.29, 1.82) is 0 Å². The van der Waals surface area contributed by atoms with E-state index in [0.717, 1.165) is 69.2 Å². The summed E-state index contributed by atoms with van der Waals surface area (Å²) in [5, 5.41) is 3.97. The van der Waals surface area contributed by atoms with E-state index >= 15 is 0 Å². The Morgan fingerprint density at radius 3 is 2.46 bits per heavy atom. The minimum Gasteiger partial charge on any atom is -0.373 e. The molecule has 4 aromatic heterocycles. The van der Waals surface area contributed by atoms with Gasteiger partial charge in [-0.25, -0.2) is 14.8 Å². The standard InChI is InChI=1S/C27H27N7O/c1-17-22(9-11-25(31-17)33-12-4-5-13-33)34-26-20-14-18(19-7-10-24(28-2)30-15-19)6-8-21(20)29-16-23(26)32(3)27(34)35/h6-11,14-16H,4-5,12-13H2,1-3H3,(H,28,30). The molecule has 8 heteroatoms. The number of hydrogen-bond donors (Lipinski definition) is 1. The van der Waals surface area contributed by atoms with Crippen LogP contribution >= 0.6 is 0 Å².